The Bertz CT molecular complexity index is 1030. The summed E-state index contributed by atoms with van der Waals surface area (Å²) in [6.07, 6.45) is 8.87. The Labute approximate surface area is 208 Å². The van der Waals surface area contributed by atoms with Gasteiger partial charge < -0.3 is 9.47 Å². The van der Waals surface area contributed by atoms with Crippen LogP contribution in [0.25, 0.3) is 0 Å². The van der Waals surface area contributed by atoms with Gasteiger partial charge in [0.2, 0.25) is 0 Å². The molecule has 0 saturated carbocycles. The number of hydrogen-bond acceptors (Lipinski definition) is 6. The first-order chi connectivity index (χ1) is 17.3. The van der Waals surface area contributed by atoms with E-state index in [1.54, 1.807) is 12.4 Å². The van der Waals surface area contributed by atoms with Gasteiger partial charge in [-0.05, 0) is 48.4 Å². The second kappa shape index (κ2) is 12.2. The van der Waals surface area contributed by atoms with E-state index in [2.05, 4.69) is 74.4 Å². The van der Waals surface area contributed by atoms with Crippen molar-refractivity contribution >= 4 is 0 Å². The summed E-state index contributed by atoms with van der Waals surface area (Å²) in [5, 5.41) is 0. The first-order valence-electron chi connectivity index (χ1n) is 12.9. The van der Waals surface area contributed by atoms with E-state index in [9.17, 15) is 0 Å². The van der Waals surface area contributed by atoms with Crippen LogP contribution in [0.2, 0.25) is 0 Å². The first kappa shape index (κ1) is 23.9. The maximum Gasteiger partial charge on any atom is 0.119 e. The predicted molar refractivity (Wildman–Crippen MR) is 137 cm³/mol. The van der Waals surface area contributed by atoms with Crippen LogP contribution in [0.3, 0.4) is 0 Å². The molecule has 2 aliphatic rings. The summed E-state index contributed by atoms with van der Waals surface area (Å²) >= 11 is 0. The van der Waals surface area contributed by atoms with E-state index in [1.165, 1.54) is 11.1 Å². The van der Waals surface area contributed by atoms with E-state index in [0.29, 0.717) is 12.5 Å². The molecule has 3 aromatic rings. The van der Waals surface area contributed by atoms with Crippen molar-refractivity contribution in [2.24, 2.45) is 5.92 Å². The summed E-state index contributed by atoms with van der Waals surface area (Å²) in [4.78, 5) is 14.0. The smallest absolute Gasteiger partial charge is 0.119 e. The Morgan fingerprint density at radius 2 is 1.71 bits per heavy atom. The van der Waals surface area contributed by atoms with Gasteiger partial charge in [0.25, 0.3) is 0 Å². The molecule has 2 atom stereocenters. The molecule has 0 bridgehead atoms. The normalized spacial score (nSPS) is 21.6. The van der Waals surface area contributed by atoms with Crippen molar-refractivity contribution < 1.29 is 9.47 Å². The molecule has 5 rings (SSSR count). The highest BCUT2D eigenvalue weighted by molar-refractivity contribution is 5.28. The molecule has 0 radical (unpaired) electrons. The molecular weight excluding hydrogens is 436 g/mol. The molecule has 0 aliphatic carbocycles. The molecule has 2 fully saturated rings. The Balaban J connectivity index is 1.24. The maximum atomic E-state index is 6.06. The van der Waals surface area contributed by atoms with Crippen molar-refractivity contribution in [2.45, 2.75) is 38.5 Å². The Hall–Kier alpha value is -2.80. The van der Waals surface area contributed by atoms with Gasteiger partial charge in [0, 0.05) is 64.5 Å². The van der Waals surface area contributed by atoms with Crippen molar-refractivity contribution in [1.82, 2.24) is 19.8 Å². The van der Waals surface area contributed by atoms with Gasteiger partial charge in [-0.25, -0.2) is 0 Å². The molecule has 2 aromatic carbocycles. The minimum atomic E-state index is 0.238. The van der Waals surface area contributed by atoms with Crippen molar-refractivity contribution in [3.8, 4) is 5.75 Å². The Morgan fingerprint density at radius 1 is 0.914 bits per heavy atom. The number of hydrogen-bond donors (Lipinski definition) is 0. The van der Waals surface area contributed by atoms with Crippen molar-refractivity contribution in [3.05, 3.63) is 90.0 Å². The second-order valence-electron chi connectivity index (χ2n) is 9.82. The van der Waals surface area contributed by atoms with E-state index < -0.39 is 0 Å². The highest BCUT2D eigenvalue weighted by atomic mass is 16.5. The number of ether oxygens (including phenoxy) is 2. The topological polar surface area (TPSA) is 50.7 Å². The molecular formula is C29H36N4O2. The van der Waals surface area contributed by atoms with E-state index in [-0.39, 0.29) is 6.10 Å². The van der Waals surface area contributed by atoms with E-state index in [4.69, 9.17) is 9.47 Å². The van der Waals surface area contributed by atoms with Gasteiger partial charge in [-0.15, -0.1) is 0 Å². The van der Waals surface area contributed by atoms with Gasteiger partial charge in [-0.1, -0.05) is 42.5 Å². The molecule has 0 amide bonds. The van der Waals surface area contributed by atoms with Gasteiger partial charge >= 0.3 is 0 Å². The molecule has 2 saturated heterocycles. The van der Waals surface area contributed by atoms with Crippen molar-refractivity contribution in [1.29, 1.82) is 0 Å². The van der Waals surface area contributed by atoms with E-state index in [0.717, 1.165) is 76.6 Å². The fourth-order valence-electron chi connectivity index (χ4n) is 5.20. The summed E-state index contributed by atoms with van der Waals surface area (Å²) in [5.74, 6) is 1.44. The zero-order valence-electron chi connectivity index (χ0n) is 20.5. The van der Waals surface area contributed by atoms with Crippen LogP contribution in [0.4, 0.5) is 0 Å². The SMILES string of the molecule is c1ccc(CN2CCN(Cc3cccc(OC[C@H]4CCCO4)c3)C[C@H](Cc3cnccn3)C2)cc1. The lowest BCUT2D eigenvalue weighted by atomic mass is 10.0. The molecule has 184 valence electrons. The molecule has 0 N–H and O–H groups in total. The minimum Gasteiger partial charge on any atom is -0.491 e. The van der Waals surface area contributed by atoms with Crippen LogP contribution in [0.1, 0.15) is 29.7 Å². The minimum absolute atomic E-state index is 0.238. The average molecular weight is 473 g/mol. The van der Waals surface area contributed by atoms with Crippen LogP contribution in [0.5, 0.6) is 5.75 Å². The number of benzene rings is 2. The molecule has 6 heteroatoms. The molecule has 3 heterocycles. The van der Waals surface area contributed by atoms with Crippen LogP contribution in [0.15, 0.2) is 73.2 Å². The van der Waals surface area contributed by atoms with E-state index in [1.807, 2.05) is 6.20 Å². The number of nitrogens with zero attached hydrogens (tertiary/aromatic N) is 4. The van der Waals surface area contributed by atoms with Crippen LogP contribution >= 0.6 is 0 Å². The molecule has 2 aliphatic heterocycles. The third kappa shape index (κ3) is 7.34. The predicted octanol–water partition coefficient (Wildman–Crippen LogP) is 4.21. The summed E-state index contributed by atoms with van der Waals surface area (Å²) in [7, 11) is 0. The Morgan fingerprint density at radius 3 is 2.46 bits per heavy atom. The van der Waals surface area contributed by atoms with Gasteiger partial charge in [-0.3, -0.25) is 19.8 Å². The lowest BCUT2D eigenvalue weighted by Gasteiger charge is -2.24. The highest BCUT2D eigenvalue weighted by Gasteiger charge is 2.24. The van der Waals surface area contributed by atoms with Crippen molar-refractivity contribution in [3.63, 3.8) is 0 Å². The molecule has 0 spiro atoms. The van der Waals surface area contributed by atoms with Crippen molar-refractivity contribution in [2.75, 3.05) is 39.4 Å². The standard InChI is InChI=1S/C29H36N4O2/c1-2-6-24(7-3-1)19-32-13-14-33(22-26(21-32)16-27-18-30-11-12-31-27)20-25-8-4-9-28(17-25)35-23-29-10-5-15-34-29/h1-4,6-9,11-12,17-18,26,29H,5,10,13-16,19-23H2/t26-,29-/m1/s1. The highest BCUT2D eigenvalue weighted by Crippen LogP contribution is 2.21. The summed E-state index contributed by atoms with van der Waals surface area (Å²) in [5.41, 5.74) is 3.74. The molecule has 1 aromatic heterocycles. The first-order valence-corrected chi connectivity index (χ1v) is 12.9. The van der Waals surface area contributed by atoms with Crippen LogP contribution in [0, 0.1) is 5.92 Å². The Kier molecular flexibility index (Phi) is 8.37. The van der Waals surface area contributed by atoms with Gasteiger partial charge in [-0.2, -0.15) is 0 Å². The lowest BCUT2D eigenvalue weighted by molar-refractivity contribution is 0.0679. The fraction of sp³-hybridized carbons (Fsp3) is 0.448. The molecule has 35 heavy (non-hydrogen) atoms. The summed E-state index contributed by atoms with van der Waals surface area (Å²) in [6, 6.07) is 19.4. The lowest BCUT2D eigenvalue weighted by Crippen LogP contribution is -2.30. The van der Waals surface area contributed by atoms with Crippen LogP contribution < -0.4 is 4.74 Å². The van der Waals surface area contributed by atoms with Gasteiger partial charge in [0.1, 0.15) is 12.4 Å². The summed E-state index contributed by atoms with van der Waals surface area (Å²) < 4.78 is 11.8. The van der Waals surface area contributed by atoms with E-state index >= 15 is 0 Å². The summed E-state index contributed by atoms with van der Waals surface area (Å²) in [6.45, 7) is 7.62. The third-order valence-electron chi connectivity index (χ3n) is 6.89. The molecule has 0 unspecified atom stereocenters. The zero-order chi connectivity index (χ0) is 23.7. The van der Waals surface area contributed by atoms with Gasteiger partial charge in [0.05, 0.1) is 11.8 Å². The maximum absolute atomic E-state index is 6.06. The average Bonchev–Trinajstić information content (AvgIpc) is 3.34. The largest absolute Gasteiger partial charge is 0.491 e. The molecule has 6 nitrogen and oxygen atoms in total. The second-order valence-corrected chi connectivity index (χ2v) is 9.82. The monoisotopic (exact) mass is 472 g/mol. The third-order valence-corrected chi connectivity index (χ3v) is 6.89. The quantitative estimate of drug-likeness (QED) is 0.465. The number of aromatic nitrogens is 2. The van der Waals surface area contributed by atoms with Gasteiger partial charge in [0.15, 0.2) is 0 Å². The zero-order valence-corrected chi connectivity index (χ0v) is 20.5. The van der Waals surface area contributed by atoms with Crippen LogP contribution in [-0.4, -0.2) is 65.3 Å². The van der Waals surface area contributed by atoms with Crippen LogP contribution in [-0.2, 0) is 24.2 Å². The number of rotatable bonds is 9. The fourth-order valence-corrected chi connectivity index (χ4v) is 5.20.